The van der Waals surface area contributed by atoms with Gasteiger partial charge in [-0.2, -0.15) is 15.0 Å². The van der Waals surface area contributed by atoms with Gasteiger partial charge in [-0.05, 0) is 55.5 Å². The van der Waals surface area contributed by atoms with E-state index in [1.54, 1.807) is 17.2 Å². The van der Waals surface area contributed by atoms with Crippen LogP contribution in [0.5, 0.6) is 0 Å². The van der Waals surface area contributed by atoms with Crippen molar-refractivity contribution in [1.82, 2.24) is 25.3 Å². The molecule has 0 aliphatic carbocycles. The van der Waals surface area contributed by atoms with Gasteiger partial charge in [0.1, 0.15) is 11.6 Å². The topological polar surface area (TPSA) is 75.9 Å². The molecule has 1 saturated heterocycles. The number of rotatable bonds is 4. The van der Waals surface area contributed by atoms with E-state index < -0.39 is 11.7 Å². The fourth-order valence-corrected chi connectivity index (χ4v) is 4.34. The molecule has 2 aromatic carbocycles. The van der Waals surface area contributed by atoms with Crippen molar-refractivity contribution in [3.05, 3.63) is 78.0 Å². The molecule has 1 aliphatic heterocycles. The summed E-state index contributed by atoms with van der Waals surface area (Å²) in [5.41, 5.74) is 1.47. The first-order valence-electron chi connectivity index (χ1n) is 10.7. The number of hydrogen-bond acceptors (Lipinski definition) is 5. The minimum atomic E-state index is -0.615. The summed E-state index contributed by atoms with van der Waals surface area (Å²) in [6.07, 6.45) is 6.49. The van der Waals surface area contributed by atoms with Gasteiger partial charge in [0.15, 0.2) is 0 Å². The van der Waals surface area contributed by atoms with Gasteiger partial charge < -0.3 is 5.32 Å². The van der Waals surface area contributed by atoms with Gasteiger partial charge >= 0.3 is 0 Å². The second-order valence-corrected chi connectivity index (χ2v) is 7.97. The smallest absolute Gasteiger partial charge is 0.262 e. The molecule has 2 aromatic heterocycles. The lowest BCUT2D eigenvalue weighted by molar-refractivity contribution is 0.0968. The SMILES string of the molecule is Cc1cccc2ccnc(N(C(=O)c3ccc(-n4nccn4)cc3F)[C@@H]3CCCNC3)c12. The third kappa shape index (κ3) is 3.62. The Balaban J connectivity index is 1.62. The van der Waals surface area contributed by atoms with E-state index in [1.807, 2.05) is 31.2 Å². The van der Waals surface area contributed by atoms with E-state index in [0.29, 0.717) is 18.1 Å². The fourth-order valence-electron chi connectivity index (χ4n) is 4.34. The molecule has 7 nitrogen and oxygen atoms in total. The lowest BCUT2D eigenvalue weighted by atomic mass is 10.0. The maximum absolute atomic E-state index is 15.2. The zero-order valence-corrected chi connectivity index (χ0v) is 17.7. The molecule has 1 amide bonds. The zero-order chi connectivity index (χ0) is 22.1. The first kappa shape index (κ1) is 20.3. The molecule has 32 heavy (non-hydrogen) atoms. The maximum atomic E-state index is 15.2. The number of nitrogens with one attached hydrogen (secondary N) is 1. The predicted octanol–water partition coefficient (Wildman–Crippen LogP) is 3.66. The van der Waals surface area contributed by atoms with Crippen LogP contribution in [0.15, 0.2) is 61.1 Å². The number of hydrogen-bond donors (Lipinski definition) is 1. The molecule has 3 heterocycles. The number of anilines is 1. The summed E-state index contributed by atoms with van der Waals surface area (Å²) >= 11 is 0. The number of fused-ring (bicyclic) bond motifs is 1. The van der Waals surface area contributed by atoms with E-state index in [-0.39, 0.29) is 11.6 Å². The number of pyridine rings is 1. The van der Waals surface area contributed by atoms with E-state index >= 15 is 4.39 Å². The van der Waals surface area contributed by atoms with E-state index in [0.717, 1.165) is 35.7 Å². The lowest BCUT2D eigenvalue weighted by Gasteiger charge is -2.35. The molecule has 1 atom stereocenters. The van der Waals surface area contributed by atoms with Gasteiger partial charge in [0, 0.05) is 24.2 Å². The quantitative estimate of drug-likeness (QED) is 0.535. The Morgan fingerprint density at radius 1 is 1.16 bits per heavy atom. The van der Waals surface area contributed by atoms with E-state index in [1.165, 1.54) is 29.3 Å². The van der Waals surface area contributed by atoms with Gasteiger partial charge in [-0.25, -0.2) is 9.37 Å². The highest BCUT2D eigenvalue weighted by Crippen LogP contribution is 2.32. The molecule has 1 N–H and O–H groups in total. The van der Waals surface area contributed by atoms with Gasteiger partial charge in [-0.15, -0.1) is 0 Å². The first-order chi connectivity index (χ1) is 15.6. The van der Waals surface area contributed by atoms with Gasteiger partial charge in [0.25, 0.3) is 5.91 Å². The molecular weight excluding hydrogens is 407 g/mol. The summed E-state index contributed by atoms with van der Waals surface area (Å²) in [6.45, 7) is 3.54. The summed E-state index contributed by atoms with van der Waals surface area (Å²) in [7, 11) is 0. The molecule has 0 radical (unpaired) electrons. The summed E-state index contributed by atoms with van der Waals surface area (Å²) in [5.74, 6) is -0.452. The molecule has 0 unspecified atom stereocenters. The number of benzene rings is 2. The second-order valence-electron chi connectivity index (χ2n) is 7.97. The number of piperidine rings is 1. The van der Waals surface area contributed by atoms with Crippen molar-refractivity contribution >= 4 is 22.5 Å². The maximum Gasteiger partial charge on any atom is 0.262 e. The predicted molar refractivity (Wildman–Crippen MR) is 120 cm³/mol. The number of halogens is 1. The summed E-state index contributed by atoms with van der Waals surface area (Å²) < 4.78 is 15.2. The van der Waals surface area contributed by atoms with Crippen molar-refractivity contribution in [2.45, 2.75) is 25.8 Å². The molecule has 1 fully saturated rings. The number of aryl methyl sites for hydroxylation is 1. The molecule has 0 bridgehead atoms. The molecule has 0 spiro atoms. The van der Waals surface area contributed by atoms with Crippen LogP contribution in [0.4, 0.5) is 10.2 Å². The van der Waals surface area contributed by atoms with Gasteiger partial charge in [-0.3, -0.25) is 9.69 Å². The van der Waals surface area contributed by atoms with Crippen molar-refractivity contribution in [3.63, 3.8) is 0 Å². The van der Waals surface area contributed by atoms with E-state index in [2.05, 4.69) is 20.5 Å². The Morgan fingerprint density at radius 2 is 2.00 bits per heavy atom. The van der Waals surface area contributed by atoms with Crippen LogP contribution >= 0.6 is 0 Å². The van der Waals surface area contributed by atoms with Crippen molar-refractivity contribution in [1.29, 1.82) is 0 Å². The highest BCUT2D eigenvalue weighted by atomic mass is 19.1. The van der Waals surface area contributed by atoms with Crippen molar-refractivity contribution in [2.24, 2.45) is 0 Å². The molecular formula is C24H23FN6O. The number of aromatic nitrogens is 4. The van der Waals surface area contributed by atoms with Crippen LogP contribution < -0.4 is 10.2 Å². The van der Waals surface area contributed by atoms with Crippen molar-refractivity contribution in [2.75, 3.05) is 18.0 Å². The molecule has 8 heteroatoms. The summed E-state index contributed by atoms with van der Waals surface area (Å²) in [6, 6.07) is 12.2. The standard InChI is InChI=1S/C24H23FN6O/c1-16-4-2-5-17-9-11-27-23(22(16)17)30(19-6-3-10-26-15-19)24(32)20-8-7-18(14-21(20)25)31-28-12-13-29-31/h2,4-5,7-9,11-14,19,26H,3,6,10,15H2,1H3/t19-/m1/s1. The van der Waals surface area contributed by atoms with Gasteiger partial charge in [0.2, 0.25) is 0 Å². The second kappa shape index (κ2) is 8.47. The third-order valence-electron chi connectivity index (χ3n) is 5.90. The summed E-state index contributed by atoms with van der Waals surface area (Å²) in [5, 5.41) is 13.3. The third-order valence-corrected chi connectivity index (χ3v) is 5.90. The molecule has 4 aromatic rings. The number of amides is 1. The van der Waals surface area contributed by atoms with Crippen LogP contribution in [0.3, 0.4) is 0 Å². The average Bonchev–Trinajstić information content (AvgIpc) is 3.35. The largest absolute Gasteiger partial charge is 0.315 e. The zero-order valence-electron chi connectivity index (χ0n) is 17.7. The van der Waals surface area contributed by atoms with E-state index in [9.17, 15) is 4.79 Å². The average molecular weight is 430 g/mol. The lowest BCUT2D eigenvalue weighted by Crippen LogP contribution is -2.49. The minimum Gasteiger partial charge on any atom is -0.315 e. The number of carbonyl (C=O) groups excluding carboxylic acids is 1. The molecule has 162 valence electrons. The highest BCUT2D eigenvalue weighted by Gasteiger charge is 2.31. The fraction of sp³-hybridized carbons (Fsp3) is 0.250. The Morgan fingerprint density at radius 3 is 2.75 bits per heavy atom. The molecule has 0 saturated carbocycles. The van der Waals surface area contributed by atoms with Crippen LogP contribution in [0.25, 0.3) is 16.5 Å². The van der Waals surface area contributed by atoms with Gasteiger partial charge in [-0.1, -0.05) is 18.2 Å². The molecule has 5 rings (SSSR count). The summed E-state index contributed by atoms with van der Waals surface area (Å²) in [4.78, 5) is 21.4. The normalized spacial score (nSPS) is 16.2. The van der Waals surface area contributed by atoms with Crippen LogP contribution in [0, 0.1) is 12.7 Å². The Labute approximate surface area is 184 Å². The van der Waals surface area contributed by atoms with E-state index in [4.69, 9.17) is 0 Å². The van der Waals surface area contributed by atoms with Gasteiger partial charge in [0.05, 0.1) is 29.7 Å². The highest BCUT2D eigenvalue weighted by molar-refractivity contribution is 6.11. The number of carbonyl (C=O) groups is 1. The van der Waals surface area contributed by atoms with Crippen LogP contribution in [-0.2, 0) is 0 Å². The monoisotopic (exact) mass is 430 g/mol. The van der Waals surface area contributed by atoms with Crippen molar-refractivity contribution < 1.29 is 9.18 Å². The Hall–Kier alpha value is -3.65. The van der Waals surface area contributed by atoms with Crippen LogP contribution in [-0.4, -0.2) is 45.0 Å². The van der Waals surface area contributed by atoms with Crippen molar-refractivity contribution in [3.8, 4) is 5.69 Å². The van der Waals surface area contributed by atoms with Crippen LogP contribution in [0.2, 0.25) is 0 Å². The first-order valence-corrected chi connectivity index (χ1v) is 10.7. The number of nitrogens with zero attached hydrogens (tertiary/aromatic N) is 5. The van der Waals surface area contributed by atoms with Crippen LogP contribution in [0.1, 0.15) is 28.8 Å². The Bertz CT molecular complexity index is 1260. The molecule has 1 aliphatic rings. The Kier molecular flexibility index (Phi) is 5.36. The minimum absolute atomic E-state index is 0.00105.